The number of ether oxygens (including phenoxy) is 3. The average molecular weight is 483 g/mol. The zero-order chi connectivity index (χ0) is 23.3. The van der Waals surface area contributed by atoms with Crippen molar-refractivity contribution in [2.75, 3.05) is 38.6 Å². The van der Waals surface area contributed by atoms with Gasteiger partial charge in [0.05, 0.1) is 19.9 Å². The fourth-order valence-electron chi connectivity index (χ4n) is 4.06. The van der Waals surface area contributed by atoms with E-state index in [4.69, 9.17) is 25.8 Å². The van der Waals surface area contributed by atoms with Crippen LogP contribution in [-0.4, -0.2) is 53.3 Å². The Morgan fingerprint density at radius 1 is 1.09 bits per heavy atom. The van der Waals surface area contributed by atoms with Crippen LogP contribution in [0.4, 0.5) is 5.69 Å². The van der Waals surface area contributed by atoms with Crippen molar-refractivity contribution in [1.82, 2.24) is 4.90 Å². The lowest BCUT2D eigenvalue weighted by atomic mass is 10.00. The van der Waals surface area contributed by atoms with Crippen LogP contribution in [-0.2, 0) is 16.4 Å². The number of anilines is 1. The van der Waals surface area contributed by atoms with Crippen LogP contribution in [0.5, 0.6) is 17.2 Å². The molecule has 1 aliphatic heterocycles. The van der Waals surface area contributed by atoms with Gasteiger partial charge in [-0.2, -0.15) is 0 Å². The first kappa shape index (κ1) is 24.5. The molecule has 0 saturated carbocycles. The van der Waals surface area contributed by atoms with Crippen LogP contribution in [0.3, 0.4) is 0 Å². The van der Waals surface area contributed by atoms with Crippen molar-refractivity contribution in [3.8, 4) is 17.2 Å². The number of hydrogen-bond acceptors (Lipinski definition) is 6. The Balaban J connectivity index is 1.98. The number of nitrogens with one attached hydrogen (secondary N) is 1. The molecule has 0 aliphatic carbocycles. The Morgan fingerprint density at radius 3 is 2.38 bits per heavy atom. The topological polar surface area (TPSA) is 77.1 Å². The van der Waals surface area contributed by atoms with E-state index < -0.39 is 10.0 Å². The molecule has 7 nitrogen and oxygen atoms in total. The van der Waals surface area contributed by atoms with E-state index in [2.05, 4.69) is 23.5 Å². The summed E-state index contributed by atoms with van der Waals surface area (Å²) in [6, 6.07) is 8.11. The number of nitrogens with zero attached hydrogens (tertiary/aromatic N) is 1. The molecule has 0 spiro atoms. The minimum atomic E-state index is -3.97. The highest BCUT2D eigenvalue weighted by atomic mass is 35.5. The molecule has 0 saturated heterocycles. The van der Waals surface area contributed by atoms with Crippen LogP contribution in [0, 0.1) is 0 Å². The maximum absolute atomic E-state index is 13.3. The number of benzene rings is 2. The van der Waals surface area contributed by atoms with Gasteiger partial charge < -0.3 is 14.2 Å². The fourth-order valence-corrected chi connectivity index (χ4v) is 5.47. The Hall–Kier alpha value is -2.16. The van der Waals surface area contributed by atoms with Crippen molar-refractivity contribution in [2.24, 2.45) is 0 Å². The van der Waals surface area contributed by atoms with Gasteiger partial charge in [0, 0.05) is 16.6 Å². The van der Waals surface area contributed by atoms with Crippen LogP contribution >= 0.6 is 11.6 Å². The van der Waals surface area contributed by atoms with Gasteiger partial charge in [0.2, 0.25) is 0 Å². The summed E-state index contributed by atoms with van der Waals surface area (Å²) in [7, 11) is -0.918. The molecule has 1 aliphatic rings. The van der Waals surface area contributed by atoms with Crippen LogP contribution in [0.2, 0.25) is 5.02 Å². The normalized spacial score (nSPS) is 15.8. The minimum absolute atomic E-state index is 0.0614. The van der Waals surface area contributed by atoms with E-state index in [1.54, 1.807) is 25.3 Å². The average Bonchev–Trinajstić information content (AvgIpc) is 2.77. The molecule has 32 heavy (non-hydrogen) atoms. The summed E-state index contributed by atoms with van der Waals surface area (Å²) in [4.78, 5) is 2.46. The van der Waals surface area contributed by atoms with Crippen molar-refractivity contribution in [1.29, 1.82) is 0 Å². The molecule has 3 rings (SSSR count). The highest BCUT2D eigenvalue weighted by Crippen LogP contribution is 2.40. The Labute approximate surface area is 195 Å². The van der Waals surface area contributed by atoms with E-state index >= 15 is 0 Å². The quantitative estimate of drug-likeness (QED) is 0.534. The molecule has 2 aromatic rings. The Bertz CT molecular complexity index is 1040. The molecular formula is C23H31ClN2O5S. The van der Waals surface area contributed by atoms with Crippen LogP contribution in [0.25, 0.3) is 0 Å². The van der Waals surface area contributed by atoms with Crippen molar-refractivity contribution in [3.63, 3.8) is 0 Å². The van der Waals surface area contributed by atoms with Gasteiger partial charge in [-0.1, -0.05) is 25.4 Å². The molecule has 0 aromatic heterocycles. The predicted octanol–water partition coefficient (Wildman–Crippen LogP) is 4.58. The van der Waals surface area contributed by atoms with E-state index in [1.165, 1.54) is 19.2 Å². The first-order valence-electron chi connectivity index (χ1n) is 10.8. The molecule has 1 N–H and O–H groups in total. The largest absolute Gasteiger partial charge is 0.496 e. The molecule has 1 heterocycles. The van der Waals surface area contributed by atoms with Gasteiger partial charge in [-0.05, 0) is 62.7 Å². The van der Waals surface area contributed by atoms with Crippen LogP contribution in [0.1, 0.15) is 32.3 Å². The molecule has 0 fully saturated rings. The van der Waals surface area contributed by atoms with E-state index in [1.807, 2.05) is 0 Å². The maximum atomic E-state index is 13.3. The minimum Gasteiger partial charge on any atom is -0.496 e. The fraction of sp³-hybridized carbons (Fsp3) is 0.478. The number of methoxy groups -OCH3 is 2. The van der Waals surface area contributed by atoms with E-state index in [0.717, 1.165) is 31.5 Å². The van der Waals surface area contributed by atoms with Gasteiger partial charge in [-0.15, -0.1) is 0 Å². The number of hydrogen-bond donors (Lipinski definition) is 1. The molecule has 0 unspecified atom stereocenters. The third-order valence-electron chi connectivity index (χ3n) is 5.49. The van der Waals surface area contributed by atoms with E-state index in [9.17, 15) is 8.42 Å². The standard InChI is InChI=1S/C23H31ClN2O5S/c1-5-11-26(12-6-2)17-14-18-20(29-3)9-10-22(23(18)31-15-17)32(27,28)25-19-13-16(24)7-8-21(19)30-4/h7-10,13,17,25H,5-6,11-12,14-15H2,1-4H3/t17-/m1/s1. The van der Waals surface area contributed by atoms with Gasteiger partial charge in [-0.3, -0.25) is 9.62 Å². The first-order valence-corrected chi connectivity index (χ1v) is 12.6. The molecule has 176 valence electrons. The molecule has 0 amide bonds. The first-order chi connectivity index (χ1) is 15.3. The van der Waals surface area contributed by atoms with Gasteiger partial charge >= 0.3 is 0 Å². The predicted molar refractivity (Wildman–Crippen MR) is 127 cm³/mol. The summed E-state index contributed by atoms with van der Waals surface area (Å²) in [5.74, 6) is 1.33. The number of rotatable bonds is 10. The lowest BCUT2D eigenvalue weighted by molar-refractivity contribution is 0.115. The lowest BCUT2D eigenvalue weighted by Crippen LogP contribution is -2.44. The Kier molecular flexibility index (Phi) is 8.14. The van der Waals surface area contributed by atoms with Gasteiger partial charge in [-0.25, -0.2) is 8.42 Å². The second-order valence-corrected chi connectivity index (χ2v) is 9.82. The number of sulfonamides is 1. The summed E-state index contributed by atoms with van der Waals surface area (Å²) in [6.45, 7) is 6.66. The summed E-state index contributed by atoms with van der Waals surface area (Å²) >= 11 is 6.06. The summed E-state index contributed by atoms with van der Waals surface area (Å²) in [6.07, 6.45) is 2.74. The molecule has 0 bridgehead atoms. The molecule has 1 atom stereocenters. The van der Waals surface area contributed by atoms with Gasteiger partial charge in [0.15, 0.2) is 0 Å². The highest BCUT2D eigenvalue weighted by molar-refractivity contribution is 7.92. The van der Waals surface area contributed by atoms with Crippen LogP contribution < -0.4 is 18.9 Å². The molecular weight excluding hydrogens is 452 g/mol. The van der Waals surface area contributed by atoms with Gasteiger partial charge in [0.25, 0.3) is 10.0 Å². The van der Waals surface area contributed by atoms with E-state index in [-0.39, 0.29) is 16.6 Å². The van der Waals surface area contributed by atoms with Crippen molar-refractivity contribution >= 4 is 27.3 Å². The summed E-state index contributed by atoms with van der Waals surface area (Å²) < 4.78 is 46.2. The number of fused-ring (bicyclic) bond motifs is 1. The number of halogens is 1. The zero-order valence-electron chi connectivity index (χ0n) is 19.0. The second-order valence-electron chi connectivity index (χ2n) is 7.73. The van der Waals surface area contributed by atoms with Crippen molar-refractivity contribution in [2.45, 2.75) is 44.0 Å². The summed E-state index contributed by atoms with van der Waals surface area (Å²) in [5.41, 5.74) is 1.03. The van der Waals surface area contributed by atoms with Crippen molar-refractivity contribution in [3.05, 3.63) is 40.9 Å². The molecule has 9 heteroatoms. The monoisotopic (exact) mass is 482 g/mol. The SMILES string of the molecule is CCCN(CCC)[C@H]1COc2c(S(=O)(=O)Nc3cc(Cl)ccc3OC)ccc(OC)c2C1. The lowest BCUT2D eigenvalue weighted by Gasteiger charge is -2.36. The highest BCUT2D eigenvalue weighted by Gasteiger charge is 2.32. The van der Waals surface area contributed by atoms with Crippen molar-refractivity contribution < 1.29 is 22.6 Å². The third kappa shape index (κ3) is 5.24. The van der Waals surface area contributed by atoms with E-state index in [0.29, 0.717) is 35.3 Å². The maximum Gasteiger partial charge on any atom is 0.265 e. The molecule has 2 aromatic carbocycles. The summed E-state index contributed by atoms with van der Waals surface area (Å²) in [5, 5.41) is 0.395. The third-order valence-corrected chi connectivity index (χ3v) is 7.12. The van der Waals surface area contributed by atoms with Crippen LogP contribution in [0.15, 0.2) is 35.2 Å². The Morgan fingerprint density at radius 2 is 1.75 bits per heavy atom. The second kappa shape index (κ2) is 10.6. The zero-order valence-corrected chi connectivity index (χ0v) is 20.6. The smallest absolute Gasteiger partial charge is 0.265 e. The van der Waals surface area contributed by atoms with Gasteiger partial charge in [0.1, 0.15) is 28.8 Å². The molecule has 0 radical (unpaired) electrons.